The Hall–Kier alpha value is -3.83. The van der Waals surface area contributed by atoms with Crippen molar-refractivity contribution in [2.24, 2.45) is 0 Å². The fourth-order valence-corrected chi connectivity index (χ4v) is 4.83. The van der Waals surface area contributed by atoms with Crippen LogP contribution in [0.15, 0.2) is 77.7 Å². The topological polar surface area (TPSA) is 67.9 Å². The van der Waals surface area contributed by atoms with E-state index >= 15 is 0 Å². The minimum atomic E-state index is -4.55. The molecule has 1 aliphatic heterocycles. The van der Waals surface area contributed by atoms with Crippen LogP contribution in [0.25, 0.3) is 6.08 Å². The van der Waals surface area contributed by atoms with Gasteiger partial charge in [-0.3, -0.25) is 14.5 Å². The first kappa shape index (κ1) is 27.2. The van der Waals surface area contributed by atoms with Gasteiger partial charge in [0.05, 0.1) is 22.8 Å². The largest absolute Gasteiger partial charge is 0.490 e. The lowest BCUT2D eigenvalue weighted by atomic mass is 10.1. The monoisotopic (exact) mass is 558 g/mol. The predicted molar refractivity (Wildman–Crippen MR) is 145 cm³/mol. The number of carbonyl (C=O) groups is 2. The number of thiocarbonyl (C=S) groups is 1. The molecule has 0 saturated carbocycles. The minimum Gasteiger partial charge on any atom is -0.490 e. The summed E-state index contributed by atoms with van der Waals surface area (Å²) in [6.45, 7) is 1.87. The number of halogens is 3. The maximum atomic E-state index is 13.1. The van der Waals surface area contributed by atoms with Gasteiger partial charge >= 0.3 is 6.18 Å². The molecule has 1 saturated heterocycles. The van der Waals surface area contributed by atoms with Crippen molar-refractivity contribution in [2.45, 2.75) is 13.1 Å². The number of thioether (sulfide) groups is 1. The molecule has 2 amide bonds. The lowest BCUT2D eigenvalue weighted by molar-refractivity contribution is -0.137. The predicted octanol–water partition coefficient (Wildman–Crippen LogP) is 6.53. The number of nitrogens with zero attached hydrogens (tertiary/aromatic N) is 1. The summed E-state index contributed by atoms with van der Waals surface area (Å²) in [5.41, 5.74) is 0.392. The Morgan fingerprint density at radius 1 is 1.03 bits per heavy atom. The summed E-state index contributed by atoms with van der Waals surface area (Å²) in [4.78, 5) is 26.6. The zero-order valence-electron chi connectivity index (χ0n) is 20.0. The first-order chi connectivity index (χ1) is 18.2. The van der Waals surface area contributed by atoms with Gasteiger partial charge in [-0.2, -0.15) is 13.2 Å². The number of hydrogen-bond donors (Lipinski definition) is 1. The molecule has 1 heterocycles. The van der Waals surface area contributed by atoms with Gasteiger partial charge in [-0.05, 0) is 61.0 Å². The van der Waals surface area contributed by atoms with Crippen LogP contribution in [0.1, 0.15) is 18.1 Å². The number of benzene rings is 3. The van der Waals surface area contributed by atoms with Gasteiger partial charge in [0, 0.05) is 5.69 Å². The summed E-state index contributed by atoms with van der Waals surface area (Å²) in [6.07, 6.45) is -2.98. The second kappa shape index (κ2) is 11.7. The second-order valence-corrected chi connectivity index (χ2v) is 9.58. The fraction of sp³-hybridized carbons (Fsp3) is 0.148. The maximum absolute atomic E-state index is 13.1. The number of carbonyl (C=O) groups excluding carboxylic acids is 2. The van der Waals surface area contributed by atoms with Crippen molar-refractivity contribution in [3.63, 3.8) is 0 Å². The third kappa shape index (κ3) is 6.53. The van der Waals surface area contributed by atoms with Crippen molar-refractivity contribution in [1.29, 1.82) is 0 Å². The number of anilines is 2. The molecule has 4 rings (SSSR count). The first-order valence-corrected chi connectivity index (χ1v) is 12.6. The van der Waals surface area contributed by atoms with Crippen molar-refractivity contribution >= 4 is 57.6 Å². The minimum absolute atomic E-state index is 0.0401. The first-order valence-electron chi connectivity index (χ1n) is 11.4. The van der Waals surface area contributed by atoms with Gasteiger partial charge in [-0.1, -0.05) is 54.3 Å². The third-order valence-electron chi connectivity index (χ3n) is 5.21. The van der Waals surface area contributed by atoms with Gasteiger partial charge < -0.3 is 14.8 Å². The van der Waals surface area contributed by atoms with Crippen LogP contribution in [0.2, 0.25) is 0 Å². The van der Waals surface area contributed by atoms with E-state index in [9.17, 15) is 22.8 Å². The van der Waals surface area contributed by atoms with E-state index < -0.39 is 17.6 Å². The lowest BCUT2D eigenvalue weighted by Crippen LogP contribution is -2.27. The van der Waals surface area contributed by atoms with Crippen molar-refractivity contribution < 1.29 is 32.2 Å². The molecule has 0 spiro atoms. The van der Waals surface area contributed by atoms with E-state index in [2.05, 4.69) is 5.32 Å². The van der Waals surface area contributed by atoms with Crippen LogP contribution in [0.5, 0.6) is 11.5 Å². The SMILES string of the molecule is CCOc1cc(/C=C2\SC(=S)N(c3cccc(C(F)(F)F)c3)C2=O)ccc1OCC(=O)Nc1ccccc1. The number of alkyl halides is 3. The van der Waals surface area contributed by atoms with Crippen molar-refractivity contribution in [2.75, 3.05) is 23.4 Å². The van der Waals surface area contributed by atoms with Crippen LogP contribution in [0, 0.1) is 0 Å². The van der Waals surface area contributed by atoms with Gasteiger partial charge in [0.25, 0.3) is 11.8 Å². The molecule has 1 N–H and O–H groups in total. The molecule has 0 unspecified atom stereocenters. The van der Waals surface area contributed by atoms with Gasteiger partial charge in [0.1, 0.15) is 0 Å². The fourth-order valence-electron chi connectivity index (χ4n) is 3.53. The zero-order chi connectivity index (χ0) is 27.3. The van der Waals surface area contributed by atoms with Gasteiger partial charge in [0.15, 0.2) is 22.4 Å². The van der Waals surface area contributed by atoms with Crippen LogP contribution >= 0.6 is 24.0 Å². The summed E-state index contributed by atoms with van der Waals surface area (Å²) in [7, 11) is 0. The summed E-state index contributed by atoms with van der Waals surface area (Å²) >= 11 is 6.27. The van der Waals surface area contributed by atoms with Crippen LogP contribution in [0.4, 0.5) is 24.5 Å². The van der Waals surface area contributed by atoms with Crippen molar-refractivity contribution in [3.05, 3.63) is 88.8 Å². The molecule has 196 valence electrons. The molecule has 1 aliphatic rings. The molecule has 0 aliphatic carbocycles. The highest BCUT2D eigenvalue weighted by atomic mass is 32.2. The summed E-state index contributed by atoms with van der Waals surface area (Å²) in [5.74, 6) is -0.179. The summed E-state index contributed by atoms with van der Waals surface area (Å²) in [5, 5.41) is 2.73. The Labute approximate surface area is 226 Å². The molecule has 1 fully saturated rings. The Bertz CT molecular complexity index is 1390. The standard InChI is InChI=1S/C27H21F3N2O4S2/c1-2-35-22-13-17(11-12-21(22)36-16-24(33)31-19-8-4-3-5-9-19)14-23-25(34)32(26(37)38-23)20-10-6-7-18(15-20)27(28,29)30/h3-15H,2,16H2,1H3,(H,31,33)/b23-14-. The van der Waals surface area contributed by atoms with Gasteiger partial charge in [0.2, 0.25) is 0 Å². The highest BCUT2D eigenvalue weighted by molar-refractivity contribution is 8.27. The Morgan fingerprint density at radius 3 is 2.50 bits per heavy atom. The number of para-hydroxylation sites is 1. The van der Waals surface area contributed by atoms with Crippen LogP contribution < -0.4 is 19.7 Å². The van der Waals surface area contributed by atoms with Crippen LogP contribution in [-0.4, -0.2) is 29.3 Å². The molecular formula is C27H21F3N2O4S2. The van der Waals surface area contributed by atoms with Crippen molar-refractivity contribution in [1.82, 2.24) is 0 Å². The van der Waals surface area contributed by atoms with E-state index in [1.165, 1.54) is 12.1 Å². The number of amides is 2. The molecule has 0 radical (unpaired) electrons. The van der Waals surface area contributed by atoms with E-state index in [1.807, 2.05) is 6.07 Å². The van der Waals surface area contributed by atoms with E-state index in [1.54, 1.807) is 55.5 Å². The average molecular weight is 559 g/mol. The highest BCUT2D eigenvalue weighted by Crippen LogP contribution is 2.39. The number of ether oxygens (including phenoxy) is 2. The molecule has 3 aromatic carbocycles. The normalized spacial score (nSPS) is 14.6. The smallest absolute Gasteiger partial charge is 0.416 e. The Morgan fingerprint density at radius 2 is 1.79 bits per heavy atom. The molecule has 0 bridgehead atoms. The maximum Gasteiger partial charge on any atom is 0.416 e. The molecule has 3 aromatic rings. The van der Waals surface area contributed by atoms with Gasteiger partial charge in [-0.15, -0.1) is 0 Å². The molecule has 11 heteroatoms. The van der Waals surface area contributed by atoms with E-state index in [-0.39, 0.29) is 27.4 Å². The van der Waals surface area contributed by atoms with E-state index in [4.69, 9.17) is 21.7 Å². The van der Waals surface area contributed by atoms with Crippen LogP contribution in [-0.2, 0) is 15.8 Å². The highest BCUT2D eigenvalue weighted by Gasteiger charge is 2.36. The lowest BCUT2D eigenvalue weighted by Gasteiger charge is -2.16. The molecular weight excluding hydrogens is 537 g/mol. The Balaban J connectivity index is 1.50. The number of hydrogen-bond acceptors (Lipinski definition) is 6. The number of nitrogens with one attached hydrogen (secondary N) is 1. The molecule has 6 nitrogen and oxygen atoms in total. The molecule has 0 atom stereocenters. The van der Waals surface area contributed by atoms with E-state index in [0.717, 1.165) is 28.8 Å². The third-order valence-corrected chi connectivity index (χ3v) is 6.51. The molecule has 0 aromatic heterocycles. The Kier molecular flexibility index (Phi) is 8.38. The van der Waals surface area contributed by atoms with Gasteiger partial charge in [-0.25, -0.2) is 0 Å². The quantitative estimate of drug-likeness (QED) is 0.251. The average Bonchev–Trinajstić information content (AvgIpc) is 3.16. The number of rotatable bonds is 8. The van der Waals surface area contributed by atoms with E-state index in [0.29, 0.717) is 29.4 Å². The molecule has 38 heavy (non-hydrogen) atoms. The summed E-state index contributed by atoms with van der Waals surface area (Å²) in [6, 6.07) is 18.3. The van der Waals surface area contributed by atoms with Crippen LogP contribution in [0.3, 0.4) is 0 Å². The summed E-state index contributed by atoms with van der Waals surface area (Å²) < 4.78 is 50.9. The second-order valence-electron chi connectivity index (χ2n) is 7.91. The van der Waals surface area contributed by atoms with Crippen molar-refractivity contribution in [3.8, 4) is 11.5 Å². The zero-order valence-corrected chi connectivity index (χ0v) is 21.6.